The molecule has 0 aromatic heterocycles. The second kappa shape index (κ2) is 5.51. The molecule has 0 bridgehead atoms. The molecule has 0 amide bonds. The van der Waals surface area contributed by atoms with Gasteiger partial charge in [-0.05, 0) is 56.6 Å². The zero-order chi connectivity index (χ0) is 12.4. The van der Waals surface area contributed by atoms with Gasteiger partial charge in [-0.2, -0.15) is 11.8 Å². The first-order chi connectivity index (χ1) is 8.79. The number of hydrogen-bond donors (Lipinski definition) is 1. The van der Waals surface area contributed by atoms with Crippen LogP contribution in [0, 0.1) is 5.92 Å². The Labute approximate surface area is 113 Å². The molecule has 0 radical (unpaired) electrons. The second-order valence-electron chi connectivity index (χ2n) is 5.88. The Hall–Kier alpha value is -0.0600. The van der Waals surface area contributed by atoms with Crippen LogP contribution in [0.4, 0.5) is 0 Å². The van der Waals surface area contributed by atoms with E-state index in [1.807, 2.05) is 11.8 Å². The van der Waals surface area contributed by atoms with Crippen molar-refractivity contribution in [1.82, 2.24) is 5.32 Å². The van der Waals surface area contributed by atoms with Gasteiger partial charge in [-0.3, -0.25) is 4.79 Å². The van der Waals surface area contributed by atoms with Crippen LogP contribution in [0.15, 0.2) is 0 Å². The summed E-state index contributed by atoms with van der Waals surface area (Å²) in [5, 5.41) is 3.35. The first kappa shape index (κ1) is 12.9. The van der Waals surface area contributed by atoms with Crippen molar-refractivity contribution in [2.75, 3.05) is 24.7 Å². The molecular weight excluding hydrogens is 246 g/mol. The van der Waals surface area contributed by atoms with E-state index >= 15 is 0 Å². The normalized spacial score (nSPS) is 35.8. The molecule has 0 aliphatic carbocycles. The van der Waals surface area contributed by atoms with Crippen molar-refractivity contribution >= 4 is 17.5 Å². The van der Waals surface area contributed by atoms with Gasteiger partial charge in [0.25, 0.3) is 0 Å². The van der Waals surface area contributed by atoms with E-state index in [9.17, 15) is 4.79 Å². The fraction of sp³-hybridized carbons (Fsp3) is 0.929. The fourth-order valence-corrected chi connectivity index (χ4v) is 4.81. The SMILES string of the molecule is O=C(C1CCOC2(CCSCC2)C1)C1CCCN1. The number of ketones is 1. The van der Waals surface area contributed by atoms with Gasteiger partial charge >= 0.3 is 0 Å². The van der Waals surface area contributed by atoms with Gasteiger partial charge in [0, 0.05) is 12.5 Å². The lowest BCUT2D eigenvalue weighted by Crippen LogP contribution is -2.47. The summed E-state index contributed by atoms with van der Waals surface area (Å²) >= 11 is 2.02. The number of rotatable bonds is 2. The minimum atomic E-state index is 0.0441. The van der Waals surface area contributed by atoms with Crippen LogP contribution >= 0.6 is 11.8 Å². The summed E-state index contributed by atoms with van der Waals surface area (Å²) in [6, 6.07) is 0.142. The Morgan fingerprint density at radius 1 is 1.28 bits per heavy atom. The highest BCUT2D eigenvalue weighted by Crippen LogP contribution is 2.40. The van der Waals surface area contributed by atoms with Gasteiger partial charge < -0.3 is 10.1 Å². The van der Waals surface area contributed by atoms with Gasteiger partial charge in [0.1, 0.15) is 0 Å². The predicted molar refractivity (Wildman–Crippen MR) is 74.0 cm³/mol. The molecule has 3 nitrogen and oxygen atoms in total. The van der Waals surface area contributed by atoms with Crippen LogP contribution in [0.5, 0.6) is 0 Å². The van der Waals surface area contributed by atoms with Crippen molar-refractivity contribution < 1.29 is 9.53 Å². The Balaban J connectivity index is 1.64. The van der Waals surface area contributed by atoms with E-state index in [4.69, 9.17) is 4.74 Å². The van der Waals surface area contributed by atoms with Crippen LogP contribution in [0.25, 0.3) is 0 Å². The van der Waals surface area contributed by atoms with E-state index in [2.05, 4.69) is 5.32 Å². The average Bonchev–Trinajstić information content (AvgIpc) is 2.93. The summed E-state index contributed by atoms with van der Waals surface area (Å²) in [6.45, 7) is 1.80. The Morgan fingerprint density at radius 2 is 2.11 bits per heavy atom. The van der Waals surface area contributed by atoms with Gasteiger partial charge in [0.2, 0.25) is 0 Å². The van der Waals surface area contributed by atoms with Gasteiger partial charge in [-0.25, -0.2) is 0 Å². The van der Waals surface area contributed by atoms with E-state index in [-0.39, 0.29) is 17.6 Å². The van der Waals surface area contributed by atoms with Crippen LogP contribution in [0.1, 0.15) is 38.5 Å². The predicted octanol–water partition coefficient (Wildman–Crippen LogP) is 2.00. The first-order valence-corrected chi connectivity index (χ1v) is 8.43. The topological polar surface area (TPSA) is 38.3 Å². The summed E-state index contributed by atoms with van der Waals surface area (Å²) in [4.78, 5) is 12.5. The van der Waals surface area contributed by atoms with Crippen LogP contribution in [-0.2, 0) is 9.53 Å². The van der Waals surface area contributed by atoms with Crippen LogP contribution < -0.4 is 5.32 Å². The van der Waals surface area contributed by atoms with E-state index in [1.54, 1.807) is 0 Å². The highest BCUT2D eigenvalue weighted by molar-refractivity contribution is 7.99. The standard InChI is InChI=1S/C14H23NO2S/c16-13(12-2-1-6-15-12)11-3-7-17-14(10-11)4-8-18-9-5-14/h11-12,15H,1-10H2. The molecule has 102 valence electrons. The van der Waals surface area contributed by atoms with Crippen molar-refractivity contribution in [1.29, 1.82) is 0 Å². The van der Waals surface area contributed by atoms with Gasteiger partial charge in [-0.1, -0.05) is 0 Å². The van der Waals surface area contributed by atoms with Crippen LogP contribution in [-0.4, -0.2) is 42.1 Å². The van der Waals surface area contributed by atoms with Crippen molar-refractivity contribution in [3.63, 3.8) is 0 Å². The van der Waals surface area contributed by atoms with Crippen LogP contribution in [0.3, 0.4) is 0 Å². The molecular formula is C14H23NO2S. The largest absolute Gasteiger partial charge is 0.375 e. The zero-order valence-corrected chi connectivity index (χ0v) is 11.8. The maximum Gasteiger partial charge on any atom is 0.153 e. The molecule has 18 heavy (non-hydrogen) atoms. The Kier molecular flexibility index (Phi) is 3.97. The first-order valence-electron chi connectivity index (χ1n) is 7.28. The van der Waals surface area contributed by atoms with E-state index in [0.717, 1.165) is 51.7 Å². The lowest BCUT2D eigenvalue weighted by atomic mass is 9.78. The van der Waals surface area contributed by atoms with Gasteiger partial charge in [0.15, 0.2) is 5.78 Å². The van der Waals surface area contributed by atoms with Crippen LogP contribution in [0.2, 0.25) is 0 Å². The number of carbonyl (C=O) groups is 1. The lowest BCUT2D eigenvalue weighted by molar-refractivity contribution is -0.139. The molecule has 0 saturated carbocycles. The number of ether oxygens (including phenoxy) is 1. The van der Waals surface area contributed by atoms with E-state index in [0.29, 0.717) is 5.78 Å². The average molecular weight is 269 g/mol. The molecule has 3 saturated heterocycles. The maximum absolute atomic E-state index is 12.5. The third kappa shape index (κ3) is 2.61. The highest BCUT2D eigenvalue weighted by Gasteiger charge is 2.42. The third-order valence-corrected chi connectivity index (χ3v) is 5.69. The molecule has 2 atom stereocenters. The van der Waals surface area contributed by atoms with E-state index < -0.39 is 0 Å². The number of hydrogen-bond acceptors (Lipinski definition) is 4. The van der Waals surface area contributed by atoms with Crippen molar-refractivity contribution in [2.45, 2.75) is 50.2 Å². The number of thioether (sulfide) groups is 1. The highest BCUT2D eigenvalue weighted by atomic mass is 32.2. The summed E-state index contributed by atoms with van der Waals surface area (Å²) < 4.78 is 6.06. The quantitative estimate of drug-likeness (QED) is 0.832. The summed E-state index contributed by atoms with van der Waals surface area (Å²) in [5.41, 5.74) is 0.0441. The van der Waals surface area contributed by atoms with Crippen molar-refractivity contribution in [3.8, 4) is 0 Å². The second-order valence-corrected chi connectivity index (χ2v) is 7.11. The Morgan fingerprint density at radius 3 is 2.83 bits per heavy atom. The number of carbonyl (C=O) groups excluding carboxylic acids is 1. The zero-order valence-electron chi connectivity index (χ0n) is 11.0. The minimum absolute atomic E-state index is 0.0441. The lowest BCUT2D eigenvalue weighted by Gasteiger charge is -2.43. The van der Waals surface area contributed by atoms with Crippen molar-refractivity contribution in [3.05, 3.63) is 0 Å². The number of nitrogens with one attached hydrogen (secondary N) is 1. The van der Waals surface area contributed by atoms with Gasteiger partial charge in [0.05, 0.1) is 11.6 Å². The molecule has 2 unspecified atom stereocenters. The Bertz CT molecular complexity index is 303. The molecule has 0 aromatic carbocycles. The molecule has 3 fully saturated rings. The summed E-state index contributed by atoms with van der Waals surface area (Å²) in [7, 11) is 0. The molecule has 3 rings (SSSR count). The third-order valence-electron chi connectivity index (χ3n) is 4.70. The molecule has 4 heteroatoms. The molecule has 0 aromatic rings. The molecule has 3 aliphatic rings. The number of Topliss-reactive ketones (excluding diaryl/α,β-unsaturated/α-hetero) is 1. The molecule has 1 N–H and O–H groups in total. The fourth-order valence-electron chi connectivity index (χ4n) is 3.57. The van der Waals surface area contributed by atoms with Gasteiger partial charge in [-0.15, -0.1) is 0 Å². The minimum Gasteiger partial charge on any atom is -0.375 e. The maximum atomic E-state index is 12.5. The van der Waals surface area contributed by atoms with Crippen molar-refractivity contribution in [2.24, 2.45) is 5.92 Å². The monoisotopic (exact) mass is 269 g/mol. The van der Waals surface area contributed by atoms with E-state index in [1.165, 1.54) is 11.5 Å². The molecule has 3 heterocycles. The smallest absolute Gasteiger partial charge is 0.153 e. The molecule has 3 aliphatic heterocycles. The molecule has 1 spiro atoms. The summed E-state index contributed by atoms with van der Waals surface area (Å²) in [6.07, 6.45) is 6.38. The summed E-state index contributed by atoms with van der Waals surface area (Å²) in [5.74, 6) is 3.11.